The van der Waals surface area contributed by atoms with Crippen molar-refractivity contribution < 1.29 is 18.7 Å². The Morgan fingerprint density at radius 3 is 2.54 bits per heavy atom. The zero-order chi connectivity index (χ0) is 26.5. The molecule has 9 heteroatoms. The number of esters is 1. The summed E-state index contributed by atoms with van der Waals surface area (Å²) in [4.78, 5) is 25.8. The molecule has 1 amide bonds. The molecule has 2 heterocycles. The number of nitrogens with zero attached hydrogens (tertiary/aromatic N) is 1. The third-order valence-electron chi connectivity index (χ3n) is 5.34. The van der Waals surface area contributed by atoms with Gasteiger partial charge in [-0.2, -0.15) is 5.26 Å². The number of benzene rings is 2. The Labute approximate surface area is 227 Å². The van der Waals surface area contributed by atoms with Gasteiger partial charge in [-0.1, -0.05) is 53.0 Å². The molecule has 0 aliphatic heterocycles. The number of halogens is 2. The van der Waals surface area contributed by atoms with Gasteiger partial charge in [0.2, 0.25) is 0 Å². The van der Waals surface area contributed by atoms with E-state index in [1.807, 2.05) is 37.3 Å². The van der Waals surface area contributed by atoms with Crippen LogP contribution < -0.4 is 5.32 Å². The fraction of sp³-hybridized carbons (Fsp3) is 0.107. The summed E-state index contributed by atoms with van der Waals surface area (Å²) in [6, 6.07) is 17.9. The standard InChI is InChI=1S/C28H20Cl2N2O4S/c1-3-35-28(34)25-22(17-6-4-16(2)5-7-17)15-37-27(25)32-26(33)18(14-31)12-20-9-11-24(36-20)21-10-8-19(29)13-23(21)30/h4-13,15H,3H2,1-2H3,(H,32,33)/b18-12+. The number of ether oxygens (including phenoxy) is 1. The van der Waals surface area contributed by atoms with Crippen molar-refractivity contribution in [1.29, 1.82) is 5.26 Å². The minimum absolute atomic E-state index is 0.178. The van der Waals surface area contributed by atoms with Gasteiger partial charge in [-0.3, -0.25) is 4.79 Å². The van der Waals surface area contributed by atoms with Gasteiger partial charge in [-0.25, -0.2) is 4.79 Å². The number of carbonyl (C=O) groups is 2. The first-order valence-electron chi connectivity index (χ1n) is 11.1. The second kappa shape index (κ2) is 11.5. The van der Waals surface area contributed by atoms with Crippen LogP contribution >= 0.6 is 34.5 Å². The number of nitriles is 1. The number of amides is 1. The Balaban J connectivity index is 1.62. The van der Waals surface area contributed by atoms with E-state index in [4.69, 9.17) is 32.4 Å². The molecule has 0 unspecified atom stereocenters. The van der Waals surface area contributed by atoms with E-state index in [1.54, 1.807) is 42.6 Å². The van der Waals surface area contributed by atoms with Gasteiger partial charge in [0.05, 0.1) is 11.6 Å². The first kappa shape index (κ1) is 26.2. The Bertz CT molecular complexity index is 1550. The lowest BCUT2D eigenvalue weighted by atomic mass is 10.0. The van der Waals surface area contributed by atoms with Crippen molar-refractivity contribution in [1.82, 2.24) is 0 Å². The SMILES string of the molecule is CCOC(=O)c1c(-c2ccc(C)cc2)csc1NC(=O)/C(C#N)=C/c1ccc(-c2ccc(Cl)cc2Cl)o1. The average Bonchev–Trinajstić information content (AvgIpc) is 3.50. The van der Waals surface area contributed by atoms with Crippen LogP contribution in [0, 0.1) is 18.3 Å². The molecule has 0 spiro atoms. The van der Waals surface area contributed by atoms with E-state index < -0.39 is 11.9 Å². The lowest BCUT2D eigenvalue weighted by Gasteiger charge is -2.09. The summed E-state index contributed by atoms with van der Waals surface area (Å²) in [6.45, 7) is 3.85. The smallest absolute Gasteiger partial charge is 0.341 e. The summed E-state index contributed by atoms with van der Waals surface area (Å²) in [6.07, 6.45) is 1.32. The number of thiophene rings is 1. The summed E-state index contributed by atoms with van der Waals surface area (Å²) >= 11 is 13.4. The predicted molar refractivity (Wildman–Crippen MR) is 147 cm³/mol. The molecule has 0 bridgehead atoms. The first-order chi connectivity index (χ1) is 17.8. The highest BCUT2D eigenvalue weighted by atomic mass is 35.5. The predicted octanol–water partition coefficient (Wildman–Crippen LogP) is 8.01. The van der Waals surface area contributed by atoms with Gasteiger partial charge < -0.3 is 14.5 Å². The number of nitrogens with one attached hydrogen (secondary N) is 1. The third kappa shape index (κ3) is 5.95. The van der Waals surface area contributed by atoms with Crippen molar-refractivity contribution in [2.75, 3.05) is 11.9 Å². The number of anilines is 1. The van der Waals surface area contributed by atoms with E-state index in [9.17, 15) is 14.9 Å². The molecule has 4 aromatic rings. The number of aryl methyl sites for hydroxylation is 1. The summed E-state index contributed by atoms with van der Waals surface area (Å²) in [5.41, 5.74) is 3.17. The molecule has 1 N–H and O–H groups in total. The third-order valence-corrected chi connectivity index (χ3v) is 6.78. The van der Waals surface area contributed by atoms with E-state index >= 15 is 0 Å². The zero-order valence-corrected chi connectivity index (χ0v) is 22.1. The Hall–Kier alpha value is -3.83. The van der Waals surface area contributed by atoms with Crippen molar-refractivity contribution >= 4 is 57.5 Å². The molecule has 2 aromatic carbocycles. The van der Waals surface area contributed by atoms with E-state index in [0.29, 0.717) is 26.9 Å². The van der Waals surface area contributed by atoms with E-state index in [0.717, 1.165) is 11.1 Å². The van der Waals surface area contributed by atoms with Crippen LogP contribution in [0.2, 0.25) is 10.0 Å². The van der Waals surface area contributed by atoms with Gasteiger partial charge in [0, 0.05) is 27.6 Å². The van der Waals surface area contributed by atoms with Gasteiger partial charge in [0.15, 0.2) is 0 Å². The molecule has 0 fully saturated rings. The lowest BCUT2D eigenvalue weighted by Crippen LogP contribution is -2.16. The first-order valence-corrected chi connectivity index (χ1v) is 12.8. The summed E-state index contributed by atoms with van der Waals surface area (Å²) < 4.78 is 11.0. The number of hydrogen-bond donors (Lipinski definition) is 1. The van der Waals surface area contributed by atoms with Crippen LogP contribution in [0.1, 0.15) is 28.6 Å². The maximum atomic E-state index is 13.0. The Morgan fingerprint density at radius 1 is 1.11 bits per heavy atom. The lowest BCUT2D eigenvalue weighted by molar-refractivity contribution is -0.112. The van der Waals surface area contributed by atoms with Crippen molar-refractivity contribution in [2.24, 2.45) is 0 Å². The monoisotopic (exact) mass is 550 g/mol. The van der Waals surface area contributed by atoms with Crippen LogP contribution in [0.4, 0.5) is 5.00 Å². The molecule has 0 aliphatic rings. The van der Waals surface area contributed by atoms with Gasteiger partial charge >= 0.3 is 5.97 Å². The van der Waals surface area contributed by atoms with Gasteiger partial charge in [-0.05, 0) is 49.7 Å². The fourth-order valence-electron chi connectivity index (χ4n) is 3.53. The number of rotatable bonds is 7. The largest absolute Gasteiger partial charge is 0.462 e. The van der Waals surface area contributed by atoms with E-state index in [-0.39, 0.29) is 28.5 Å². The van der Waals surface area contributed by atoms with Crippen LogP contribution in [-0.2, 0) is 9.53 Å². The molecule has 0 atom stereocenters. The molecule has 6 nitrogen and oxygen atoms in total. The number of furan rings is 1. The van der Waals surface area contributed by atoms with E-state index in [1.165, 1.54) is 17.4 Å². The Kier molecular flexibility index (Phi) is 8.14. The van der Waals surface area contributed by atoms with Gasteiger partial charge in [-0.15, -0.1) is 11.3 Å². The normalized spacial score (nSPS) is 11.2. The van der Waals surface area contributed by atoms with Crippen LogP contribution in [0.25, 0.3) is 28.5 Å². The highest BCUT2D eigenvalue weighted by Crippen LogP contribution is 2.37. The molecule has 0 saturated heterocycles. The van der Waals surface area contributed by atoms with Crippen LogP contribution in [0.3, 0.4) is 0 Å². The van der Waals surface area contributed by atoms with Gasteiger partial charge in [0.25, 0.3) is 5.91 Å². The molecular weight excluding hydrogens is 531 g/mol. The minimum Gasteiger partial charge on any atom is -0.462 e. The molecule has 4 rings (SSSR count). The molecule has 2 aromatic heterocycles. The van der Waals surface area contributed by atoms with Crippen LogP contribution in [0.5, 0.6) is 0 Å². The number of carbonyl (C=O) groups excluding carboxylic acids is 2. The second-order valence-corrected chi connectivity index (χ2v) is 9.61. The quantitative estimate of drug-likeness (QED) is 0.143. The van der Waals surface area contributed by atoms with Crippen molar-refractivity contribution in [3.05, 3.63) is 92.5 Å². The van der Waals surface area contributed by atoms with Crippen molar-refractivity contribution in [3.63, 3.8) is 0 Å². The highest BCUT2D eigenvalue weighted by molar-refractivity contribution is 7.15. The maximum absolute atomic E-state index is 13.0. The topological polar surface area (TPSA) is 92.3 Å². The van der Waals surface area contributed by atoms with Crippen LogP contribution in [0.15, 0.2) is 70.0 Å². The minimum atomic E-state index is -0.687. The Morgan fingerprint density at radius 2 is 1.86 bits per heavy atom. The average molecular weight is 551 g/mol. The molecule has 0 aliphatic carbocycles. The second-order valence-electron chi connectivity index (χ2n) is 7.89. The zero-order valence-electron chi connectivity index (χ0n) is 19.8. The molecule has 37 heavy (non-hydrogen) atoms. The van der Waals surface area contributed by atoms with Crippen molar-refractivity contribution in [2.45, 2.75) is 13.8 Å². The fourth-order valence-corrected chi connectivity index (χ4v) is 4.98. The summed E-state index contributed by atoms with van der Waals surface area (Å²) in [5.74, 6) is -0.512. The van der Waals surface area contributed by atoms with Crippen LogP contribution in [-0.4, -0.2) is 18.5 Å². The molecule has 186 valence electrons. The van der Waals surface area contributed by atoms with Crippen molar-refractivity contribution in [3.8, 4) is 28.5 Å². The molecule has 0 radical (unpaired) electrons. The summed E-state index contributed by atoms with van der Waals surface area (Å²) in [5, 5.41) is 15.3. The van der Waals surface area contributed by atoms with E-state index in [2.05, 4.69) is 5.32 Å². The molecular formula is C28H20Cl2N2O4S. The maximum Gasteiger partial charge on any atom is 0.341 e. The number of hydrogen-bond acceptors (Lipinski definition) is 6. The molecule has 0 saturated carbocycles. The summed E-state index contributed by atoms with van der Waals surface area (Å²) in [7, 11) is 0. The van der Waals surface area contributed by atoms with Gasteiger partial charge in [0.1, 0.15) is 33.7 Å². The highest BCUT2D eigenvalue weighted by Gasteiger charge is 2.24.